The summed E-state index contributed by atoms with van der Waals surface area (Å²) in [7, 11) is 0. The van der Waals surface area contributed by atoms with Gasteiger partial charge < -0.3 is 5.32 Å². The second kappa shape index (κ2) is 9.80. The van der Waals surface area contributed by atoms with Crippen LogP contribution < -0.4 is 5.32 Å². The number of benzene rings is 1. The molecule has 1 aliphatic rings. The molecule has 152 valence electrons. The number of rotatable bonds is 7. The molecule has 1 saturated heterocycles. The molecule has 0 atom stereocenters. The quantitative estimate of drug-likeness (QED) is 0.474. The van der Waals surface area contributed by atoms with E-state index in [1.807, 2.05) is 18.2 Å². The van der Waals surface area contributed by atoms with Crippen molar-refractivity contribution in [3.8, 4) is 0 Å². The number of anilines is 1. The number of hydrogen-bond donors (Lipinski definition) is 1. The normalized spacial score (nSPS) is 15.6. The Morgan fingerprint density at radius 1 is 1.34 bits per heavy atom. The number of aromatic nitrogens is 2. The first-order chi connectivity index (χ1) is 13.8. The highest BCUT2D eigenvalue weighted by Gasteiger charge is 2.32. The van der Waals surface area contributed by atoms with E-state index in [-0.39, 0.29) is 24.8 Å². The summed E-state index contributed by atoms with van der Waals surface area (Å²) in [5.74, 6) is 0.0171. The van der Waals surface area contributed by atoms with Crippen molar-refractivity contribution in [2.24, 2.45) is 5.92 Å². The maximum atomic E-state index is 12.7. The standard InChI is InChI=1S/C19H19ClN4O2S3/c1-11(2)9-16-22-23-18(29-16)21-15(25)7-8-24-17(26)14(28-19(24)27)10-12-5-3-4-6-13(12)20/h3-6,10-11H,7-9H2,1-2H3,(H,21,23,25)/b14-10-. The van der Waals surface area contributed by atoms with Gasteiger partial charge >= 0.3 is 0 Å². The lowest BCUT2D eigenvalue weighted by Gasteiger charge is -2.13. The van der Waals surface area contributed by atoms with Crippen molar-refractivity contribution in [3.05, 3.63) is 44.8 Å². The lowest BCUT2D eigenvalue weighted by molar-refractivity contribution is -0.122. The highest BCUT2D eigenvalue weighted by molar-refractivity contribution is 8.26. The number of hydrogen-bond acceptors (Lipinski definition) is 7. The fraction of sp³-hybridized carbons (Fsp3) is 0.316. The molecule has 2 aromatic rings. The maximum Gasteiger partial charge on any atom is 0.266 e. The summed E-state index contributed by atoms with van der Waals surface area (Å²) in [5.41, 5.74) is 0.751. The van der Waals surface area contributed by atoms with Gasteiger partial charge in [-0.3, -0.25) is 14.5 Å². The van der Waals surface area contributed by atoms with Crippen LogP contribution in [0.2, 0.25) is 5.02 Å². The molecule has 2 amide bonds. The smallest absolute Gasteiger partial charge is 0.266 e. The van der Waals surface area contributed by atoms with E-state index in [1.54, 1.807) is 12.1 Å². The third-order valence-electron chi connectivity index (χ3n) is 3.92. The van der Waals surface area contributed by atoms with E-state index in [9.17, 15) is 9.59 Å². The van der Waals surface area contributed by atoms with E-state index in [0.29, 0.717) is 25.3 Å². The highest BCUT2D eigenvalue weighted by atomic mass is 35.5. The van der Waals surface area contributed by atoms with Crippen LogP contribution in [0.4, 0.5) is 5.13 Å². The van der Waals surface area contributed by atoms with Crippen molar-refractivity contribution in [1.29, 1.82) is 0 Å². The van der Waals surface area contributed by atoms with Gasteiger partial charge in [-0.2, -0.15) is 0 Å². The summed E-state index contributed by atoms with van der Waals surface area (Å²) in [6.45, 7) is 4.40. The molecule has 1 aromatic heterocycles. The zero-order valence-corrected chi connectivity index (χ0v) is 19.1. The van der Waals surface area contributed by atoms with E-state index in [0.717, 1.165) is 17.0 Å². The van der Waals surface area contributed by atoms with Gasteiger partial charge in [-0.25, -0.2) is 0 Å². The molecule has 10 heteroatoms. The number of carbonyl (C=O) groups is 2. The van der Waals surface area contributed by atoms with E-state index in [2.05, 4.69) is 29.4 Å². The third-order valence-corrected chi connectivity index (χ3v) is 6.51. The van der Waals surface area contributed by atoms with Crippen LogP contribution in [-0.2, 0) is 16.0 Å². The fourth-order valence-corrected chi connectivity index (χ4v) is 5.01. The van der Waals surface area contributed by atoms with Crippen LogP contribution in [0.5, 0.6) is 0 Å². The molecule has 1 aromatic carbocycles. The summed E-state index contributed by atoms with van der Waals surface area (Å²) in [6.07, 6.45) is 2.66. The Bertz CT molecular complexity index is 974. The number of nitrogens with one attached hydrogen (secondary N) is 1. The summed E-state index contributed by atoms with van der Waals surface area (Å²) in [6, 6.07) is 7.27. The second-order valence-corrected chi connectivity index (χ2v) is 9.90. The minimum absolute atomic E-state index is 0.116. The summed E-state index contributed by atoms with van der Waals surface area (Å²) in [5, 5.41) is 12.7. The van der Waals surface area contributed by atoms with Crippen LogP contribution in [0.1, 0.15) is 30.8 Å². The molecule has 0 saturated carbocycles. The van der Waals surface area contributed by atoms with E-state index >= 15 is 0 Å². The molecule has 0 radical (unpaired) electrons. The first-order valence-corrected chi connectivity index (χ1v) is 11.4. The van der Waals surface area contributed by atoms with E-state index in [1.165, 1.54) is 28.0 Å². The predicted molar refractivity (Wildman–Crippen MR) is 123 cm³/mol. The molecule has 1 fully saturated rings. The molecule has 1 N–H and O–H groups in total. The van der Waals surface area contributed by atoms with Gasteiger partial charge in [0.1, 0.15) is 9.33 Å². The van der Waals surface area contributed by atoms with E-state index in [4.69, 9.17) is 23.8 Å². The largest absolute Gasteiger partial charge is 0.300 e. The van der Waals surface area contributed by atoms with Crippen molar-refractivity contribution in [2.45, 2.75) is 26.7 Å². The lowest BCUT2D eigenvalue weighted by atomic mass is 10.1. The highest BCUT2D eigenvalue weighted by Crippen LogP contribution is 2.33. The zero-order valence-electron chi connectivity index (χ0n) is 15.8. The topological polar surface area (TPSA) is 75.2 Å². The average molecular weight is 467 g/mol. The molecule has 6 nitrogen and oxygen atoms in total. The fourth-order valence-electron chi connectivity index (χ4n) is 2.56. The van der Waals surface area contributed by atoms with Crippen LogP contribution in [0.3, 0.4) is 0 Å². The third kappa shape index (κ3) is 5.85. The molecule has 29 heavy (non-hydrogen) atoms. The van der Waals surface area contributed by atoms with Crippen molar-refractivity contribution < 1.29 is 9.59 Å². The number of thiocarbonyl (C=S) groups is 1. The molecule has 0 unspecified atom stereocenters. The molecule has 0 aliphatic carbocycles. The number of thioether (sulfide) groups is 1. The Morgan fingerprint density at radius 3 is 2.83 bits per heavy atom. The van der Waals surface area contributed by atoms with E-state index < -0.39 is 0 Å². The molecule has 2 heterocycles. The minimum atomic E-state index is -0.235. The Kier molecular flexibility index (Phi) is 7.39. The lowest BCUT2D eigenvalue weighted by Crippen LogP contribution is -2.31. The van der Waals surface area contributed by atoms with Crippen LogP contribution in [0.15, 0.2) is 29.2 Å². The summed E-state index contributed by atoms with van der Waals surface area (Å²) >= 11 is 14.0. The van der Waals surface area contributed by atoms with Crippen molar-refractivity contribution in [3.63, 3.8) is 0 Å². The molecule has 3 rings (SSSR count). The maximum absolute atomic E-state index is 12.7. The molecule has 0 spiro atoms. The molecular weight excluding hydrogens is 448 g/mol. The summed E-state index contributed by atoms with van der Waals surface area (Å²) in [4.78, 5) is 26.8. The van der Waals surface area contributed by atoms with Gasteiger partial charge in [0.2, 0.25) is 11.0 Å². The van der Waals surface area contributed by atoms with Gasteiger partial charge in [0.05, 0.1) is 4.91 Å². The summed E-state index contributed by atoms with van der Waals surface area (Å²) < 4.78 is 0.427. The number of nitrogens with zero attached hydrogens (tertiary/aromatic N) is 3. The van der Waals surface area contributed by atoms with Crippen molar-refractivity contribution in [1.82, 2.24) is 15.1 Å². The van der Waals surface area contributed by atoms with Gasteiger partial charge in [0, 0.05) is 24.4 Å². The molecule has 0 bridgehead atoms. The van der Waals surface area contributed by atoms with Crippen LogP contribution in [0.25, 0.3) is 6.08 Å². The van der Waals surface area contributed by atoms with Gasteiger partial charge in [-0.05, 0) is 23.6 Å². The number of halogens is 1. The first kappa shape index (κ1) is 21.9. The SMILES string of the molecule is CC(C)Cc1nnc(NC(=O)CCN2C(=O)/C(=C/c3ccccc3Cl)SC2=S)s1. The van der Waals surface area contributed by atoms with Crippen LogP contribution in [0, 0.1) is 5.92 Å². The van der Waals surface area contributed by atoms with Gasteiger partial charge in [-0.15, -0.1) is 10.2 Å². The molecular formula is C19H19ClN4O2S3. The first-order valence-electron chi connectivity index (χ1n) is 8.95. The van der Waals surface area contributed by atoms with Gasteiger partial charge in [0.25, 0.3) is 5.91 Å². The number of carbonyl (C=O) groups excluding carboxylic acids is 2. The monoisotopic (exact) mass is 466 g/mol. The average Bonchev–Trinajstić information content (AvgIpc) is 3.19. The Labute approximate surface area is 187 Å². The molecule has 1 aliphatic heterocycles. The number of amides is 2. The zero-order chi connectivity index (χ0) is 21.0. The van der Waals surface area contributed by atoms with Crippen molar-refractivity contribution in [2.75, 3.05) is 11.9 Å². The Hall–Kier alpha value is -1.81. The van der Waals surface area contributed by atoms with Crippen LogP contribution in [-0.4, -0.2) is 37.8 Å². The van der Waals surface area contributed by atoms with Gasteiger partial charge in [-0.1, -0.05) is 79.0 Å². The van der Waals surface area contributed by atoms with Crippen molar-refractivity contribution >= 4 is 74.3 Å². The predicted octanol–water partition coefficient (Wildman–Crippen LogP) is 4.62. The minimum Gasteiger partial charge on any atom is -0.300 e. The van der Waals surface area contributed by atoms with Gasteiger partial charge in [0.15, 0.2) is 0 Å². The van der Waals surface area contributed by atoms with Crippen LogP contribution >= 0.6 is 46.9 Å². The second-order valence-electron chi connectivity index (χ2n) is 6.75. The Morgan fingerprint density at radius 2 is 2.10 bits per heavy atom. The Balaban J connectivity index is 1.57.